The summed E-state index contributed by atoms with van der Waals surface area (Å²) in [6.07, 6.45) is 1.72. The van der Waals surface area contributed by atoms with Gasteiger partial charge < -0.3 is 10.2 Å². The van der Waals surface area contributed by atoms with Gasteiger partial charge in [-0.3, -0.25) is 9.69 Å². The molecular weight excluding hydrogens is 373 g/mol. The van der Waals surface area contributed by atoms with E-state index in [2.05, 4.69) is 26.1 Å². The van der Waals surface area contributed by atoms with E-state index in [1.807, 2.05) is 11.8 Å². The molecule has 1 amide bonds. The summed E-state index contributed by atoms with van der Waals surface area (Å²) in [5.74, 6) is -0.131. The molecule has 0 bridgehead atoms. The molecule has 0 radical (unpaired) electrons. The fourth-order valence-corrected chi connectivity index (χ4v) is 4.13. The quantitative estimate of drug-likeness (QED) is 0.846. The Morgan fingerprint density at radius 2 is 2.12 bits per heavy atom. The van der Waals surface area contributed by atoms with Crippen molar-refractivity contribution in [1.29, 1.82) is 0 Å². The normalized spacial score (nSPS) is 23.5. The van der Waals surface area contributed by atoms with Gasteiger partial charge in [-0.2, -0.15) is 0 Å². The van der Waals surface area contributed by atoms with Crippen LogP contribution in [-0.2, 0) is 11.2 Å². The van der Waals surface area contributed by atoms with E-state index in [0.717, 1.165) is 51.3 Å². The summed E-state index contributed by atoms with van der Waals surface area (Å²) in [6.45, 7) is 7.90. The maximum atomic E-state index is 13.3. The van der Waals surface area contributed by atoms with Crippen molar-refractivity contribution in [1.82, 2.24) is 15.1 Å². The first-order valence-corrected chi connectivity index (χ1v) is 9.51. The topological polar surface area (TPSA) is 35.6 Å². The van der Waals surface area contributed by atoms with Gasteiger partial charge in [0.2, 0.25) is 5.91 Å². The van der Waals surface area contributed by atoms with E-state index in [1.54, 1.807) is 12.1 Å². The maximum Gasteiger partial charge on any atom is 0.225 e. The third-order valence-corrected chi connectivity index (χ3v) is 5.70. The van der Waals surface area contributed by atoms with Gasteiger partial charge in [0.25, 0.3) is 0 Å². The molecule has 2 atom stereocenters. The van der Waals surface area contributed by atoms with Gasteiger partial charge in [0.1, 0.15) is 5.82 Å². The molecule has 0 aliphatic carbocycles. The molecule has 0 saturated carbocycles. The minimum Gasteiger partial charge on any atom is -0.341 e. The summed E-state index contributed by atoms with van der Waals surface area (Å²) in [5.41, 5.74) is 0.988. The molecule has 2 heterocycles. The van der Waals surface area contributed by atoms with E-state index in [1.165, 1.54) is 6.07 Å². The molecule has 2 saturated heterocycles. The van der Waals surface area contributed by atoms with Crippen LogP contribution in [0.1, 0.15) is 18.9 Å². The molecule has 2 unspecified atom stereocenters. The molecule has 132 valence electrons. The molecule has 2 aliphatic rings. The summed E-state index contributed by atoms with van der Waals surface area (Å²) in [4.78, 5) is 17.3. The smallest absolute Gasteiger partial charge is 0.225 e. The number of nitrogens with one attached hydrogen (secondary N) is 1. The van der Waals surface area contributed by atoms with E-state index >= 15 is 0 Å². The first-order valence-electron chi connectivity index (χ1n) is 8.72. The van der Waals surface area contributed by atoms with Crippen LogP contribution in [0.3, 0.4) is 0 Å². The van der Waals surface area contributed by atoms with Crippen LogP contribution < -0.4 is 5.32 Å². The summed E-state index contributed by atoms with van der Waals surface area (Å²) in [6, 6.07) is 5.49. The molecule has 1 N–H and O–H groups in total. The third-order valence-electron chi connectivity index (χ3n) is 5.09. The monoisotopic (exact) mass is 397 g/mol. The number of hydrogen-bond donors (Lipinski definition) is 1. The Kier molecular flexibility index (Phi) is 5.89. The van der Waals surface area contributed by atoms with Crippen LogP contribution in [0.25, 0.3) is 0 Å². The Bertz CT molecular complexity index is 592. The zero-order chi connectivity index (χ0) is 17.1. The number of likely N-dealkylation sites (tertiary alicyclic amines) is 1. The lowest BCUT2D eigenvalue weighted by atomic mass is 10.00. The first kappa shape index (κ1) is 17.8. The minimum atomic E-state index is -0.267. The van der Waals surface area contributed by atoms with Crippen molar-refractivity contribution in [2.45, 2.75) is 25.8 Å². The molecule has 1 aromatic rings. The van der Waals surface area contributed by atoms with Gasteiger partial charge in [0.05, 0.1) is 4.47 Å². The lowest BCUT2D eigenvalue weighted by Gasteiger charge is -2.32. The number of hydrogen-bond acceptors (Lipinski definition) is 3. The maximum absolute atomic E-state index is 13.3. The Labute approximate surface area is 151 Å². The van der Waals surface area contributed by atoms with Crippen LogP contribution in [0, 0.1) is 11.7 Å². The number of carbonyl (C=O) groups excluding carboxylic acids is 1. The summed E-state index contributed by atoms with van der Waals surface area (Å²) in [7, 11) is 0. The summed E-state index contributed by atoms with van der Waals surface area (Å²) < 4.78 is 13.8. The number of rotatable bonds is 4. The highest BCUT2D eigenvalue weighted by molar-refractivity contribution is 9.10. The van der Waals surface area contributed by atoms with Crippen LogP contribution in [0.15, 0.2) is 22.7 Å². The van der Waals surface area contributed by atoms with E-state index in [0.29, 0.717) is 16.9 Å². The predicted octanol–water partition coefficient (Wildman–Crippen LogP) is 2.27. The van der Waals surface area contributed by atoms with Gasteiger partial charge in [-0.05, 0) is 46.5 Å². The molecule has 2 aliphatic heterocycles. The number of benzene rings is 1. The van der Waals surface area contributed by atoms with Gasteiger partial charge in [-0.25, -0.2) is 4.39 Å². The van der Waals surface area contributed by atoms with Crippen molar-refractivity contribution in [2.75, 3.05) is 39.3 Å². The molecule has 24 heavy (non-hydrogen) atoms. The molecule has 2 fully saturated rings. The van der Waals surface area contributed by atoms with Crippen LogP contribution in [-0.4, -0.2) is 61.0 Å². The molecule has 6 heteroatoms. The summed E-state index contributed by atoms with van der Waals surface area (Å²) >= 11 is 3.21. The van der Waals surface area contributed by atoms with Crippen LogP contribution in [0.2, 0.25) is 0 Å². The lowest BCUT2D eigenvalue weighted by Crippen LogP contribution is -2.49. The number of carbonyl (C=O) groups is 1. The second kappa shape index (κ2) is 7.93. The molecule has 3 rings (SSSR count). The van der Waals surface area contributed by atoms with Crippen LogP contribution in [0.5, 0.6) is 0 Å². The van der Waals surface area contributed by atoms with E-state index in [4.69, 9.17) is 0 Å². The fourth-order valence-electron chi connectivity index (χ4n) is 3.71. The van der Waals surface area contributed by atoms with Gasteiger partial charge in [0.15, 0.2) is 0 Å². The highest BCUT2D eigenvalue weighted by Gasteiger charge is 2.32. The molecular formula is C18H25BrFN3O. The highest BCUT2D eigenvalue weighted by Crippen LogP contribution is 2.22. The zero-order valence-electron chi connectivity index (χ0n) is 14.1. The molecule has 1 aromatic carbocycles. The number of piperazine rings is 1. The SMILES string of the molecule is CC(Cc1ccc(F)c(Br)c1)C(=O)N1CCC(N2CCNCC2)C1. The van der Waals surface area contributed by atoms with Crippen molar-refractivity contribution in [3.8, 4) is 0 Å². The third kappa shape index (κ3) is 4.16. The number of halogens is 2. The van der Waals surface area contributed by atoms with Gasteiger partial charge >= 0.3 is 0 Å². The van der Waals surface area contributed by atoms with Crippen molar-refractivity contribution < 1.29 is 9.18 Å². The molecule has 0 aromatic heterocycles. The second-order valence-electron chi connectivity index (χ2n) is 6.87. The Morgan fingerprint density at radius 1 is 1.38 bits per heavy atom. The van der Waals surface area contributed by atoms with Crippen molar-refractivity contribution >= 4 is 21.8 Å². The van der Waals surface area contributed by atoms with E-state index in [-0.39, 0.29) is 17.6 Å². The predicted molar refractivity (Wildman–Crippen MR) is 96.4 cm³/mol. The van der Waals surface area contributed by atoms with Gasteiger partial charge in [-0.1, -0.05) is 13.0 Å². The lowest BCUT2D eigenvalue weighted by molar-refractivity contribution is -0.134. The fraction of sp³-hybridized carbons (Fsp3) is 0.611. The highest BCUT2D eigenvalue weighted by atomic mass is 79.9. The minimum absolute atomic E-state index is 0.0795. The van der Waals surface area contributed by atoms with E-state index < -0.39 is 0 Å². The van der Waals surface area contributed by atoms with E-state index in [9.17, 15) is 9.18 Å². The molecule has 0 spiro atoms. The van der Waals surface area contributed by atoms with Gasteiger partial charge in [-0.15, -0.1) is 0 Å². The number of nitrogens with zero attached hydrogens (tertiary/aromatic N) is 2. The average molecular weight is 398 g/mol. The van der Waals surface area contributed by atoms with Crippen molar-refractivity contribution in [3.63, 3.8) is 0 Å². The standard InChI is InChI=1S/C18H25BrFN3O/c1-13(10-14-2-3-17(20)16(19)11-14)18(24)23-7-4-15(12-23)22-8-5-21-6-9-22/h2-3,11,13,15,21H,4-10,12H2,1H3. The second-order valence-corrected chi connectivity index (χ2v) is 7.72. The largest absolute Gasteiger partial charge is 0.341 e. The Balaban J connectivity index is 1.54. The van der Waals surface area contributed by atoms with Crippen molar-refractivity contribution in [2.24, 2.45) is 5.92 Å². The number of amides is 1. The van der Waals surface area contributed by atoms with Gasteiger partial charge in [0, 0.05) is 51.2 Å². The van der Waals surface area contributed by atoms with Crippen molar-refractivity contribution in [3.05, 3.63) is 34.1 Å². The molecule has 4 nitrogen and oxygen atoms in total. The Hall–Kier alpha value is -0.980. The van der Waals surface area contributed by atoms with Crippen LogP contribution in [0.4, 0.5) is 4.39 Å². The Morgan fingerprint density at radius 3 is 2.83 bits per heavy atom. The van der Waals surface area contributed by atoms with Crippen LogP contribution >= 0.6 is 15.9 Å². The average Bonchev–Trinajstić information content (AvgIpc) is 3.08. The zero-order valence-corrected chi connectivity index (χ0v) is 15.7. The first-order chi connectivity index (χ1) is 11.5. The summed E-state index contributed by atoms with van der Waals surface area (Å²) in [5, 5.41) is 3.37.